The van der Waals surface area contributed by atoms with E-state index in [1.807, 2.05) is 16.8 Å². The average molecular weight is 284 g/mol. The van der Waals surface area contributed by atoms with Crippen molar-refractivity contribution in [3.63, 3.8) is 0 Å². The van der Waals surface area contributed by atoms with Crippen LogP contribution in [0.4, 0.5) is 0 Å². The van der Waals surface area contributed by atoms with Crippen molar-refractivity contribution in [1.29, 1.82) is 0 Å². The number of H-pyrrole nitrogens is 2. The van der Waals surface area contributed by atoms with Crippen LogP contribution in [0.15, 0.2) is 23.3 Å². The predicted octanol–water partition coefficient (Wildman–Crippen LogP) is 3.35. The second kappa shape index (κ2) is 4.76. The highest BCUT2D eigenvalue weighted by Crippen LogP contribution is 2.34. The monoisotopic (exact) mass is 284 g/mol. The molecule has 1 aliphatic rings. The minimum atomic E-state index is -0.0152. The smallest absolute Gasteiger partial charge is 0.326 e. The average Bonchev–Trinajstić information content (AvgIpc) is 3.10. The highest BCUT2D eigenvalue weighted by Gasteiger charge is 2.25. The zero-order valence-electron chi connectivity index (χ0n) is 12.2. The Hall–Kier alpha value is -2.04. The molecule has 21 heavy (non-hydrogen) atoms. The number of pyridine rings is 1. The predicted molar refractivity (Wildman–Crippen MR) is 83.5 cm³/mol. The van der Waals surface area contributed by atoms with E-state index in [0.29, 0.717) is 5.92 Å². The van der Waals surface area contributed by atoms with Crippen molar-refractivity contribution < 1.29 is 0 Å². The normalized spacial score (nSPS) is 18.5. The largest absolute Gasteiger partial charge is 0.346 e. The number of rotatable bonds is 2. The summed E-state index contributed by atoms with van der Waals surface area (Å²) in [6, 6.07) is 2.23. The zero-order valence-corrected chi connectivity index (χ0v) is 12.2. The van der Waals surface area contributed by atoms with Gasteiger partial charge in [0.2, 0.25) is 0 Å². The van der Waals surface area contributed by atoms with E-state index in [0.717, 1.165) is 22.1 Å². The number of hydrogen-bond acceptors (Lipinski definition) is 2. The molecule has 0 amide bonds. The fourth-order valence-electron chi connectivity index (χ4n) is 3.84. The van der Waals surface area contributed by atoms with Crippen LogP contribution in [0, 0.1) is 5.92 Å². The molecule has 4 rings (SSSR count). The summed E-state index contributed by atoms with van der Waals surface area (Å²) >= 11 is 0. The molecule has 2 N–H and O–H groups in total. The molecule has 0 spiro atoms. The van der Waals surface area contributed by atoms with E-state index in [1.54, 1.807) is 6.20 Å². The summed E-state index contributed by atoms with van der Waals surface area (Å²) in [5, 5.41) is 1.02. The first-order chi connectivity index (χ1) is 10.3. The van der Waals surface area contributed by atoms with E-state index < -0.39 is 0 Å². The maximum atomic E-state index is 12.5. The third kappa shape index (κ3) is 1.91. The molecule has 1 fully saturated rings. The molecular weight excluding hydrogens is 264 g/mol. The van der Waals surface area contributed by atoms with Gasteiger partial charge in [-0.2, -0.15) is 0 Å². The Morgan fingerprint density at radius 3 is 2.95 bits per heavy atom. The van der Waals surface area contributed by atoms with Gasteiger partial charge in [-0.15, -0.1) is 0 Å². The van der Waals surface area contributed by atoms with Crippen molar-refractivity contribution in [1.82, 2.24) is 19.5 Å². The van der Waals surface area contributed by atoms with Gasteiger partial charge in [0.05, 0.1) is 17.2 Å². The maximum Gasteiger partial charge on any atom is 0.326 e. The number of hydrogen-bond donors (Lipinski definition) is 2. The fraction of sp³-hybridized carbons (Fsp3) is 0.500. The van der Waals surface area contributed by atoms with Gasteiger partial charge in [0.25, 0.3) is 0 Å². The first-order valence-corrected chi connectivity index (χ1v) is 7.82. The van der Waals surface area contributed by atoms with E-state index >= 15 is 0 Å². The SMILES string of the molecule is C[C@@H](C1CCCCC1)n1c(=O)[nH]c2cnc3[nH]ccc3c21. The molecule has 110 valence electrons. The molecule has 1 saturated carbocycles. The molecule has 0 aliphatic heterocycles. The number of aromatic amines is 2. The summed E-state index contributed by atoms with van der Waals surface area (Å²) in [6.07, 6.45) is 9.98. The molecule has 5 nitrogen and oxygen atoms in total. The Morgan fingerprint density at radius 2 is 2.14 bits per heavy atom. The van der Waals surface area contributed by atoms with Crippen LogP contribution < -0.4 is 5.69 Å². The first kappa shape index (κ1) is 12.7. The third-order valence-electron chi connectivity index (χ3n) is 5.00. The van der Waals surface area contributed by atoms with E-state index in [9.17, 15) is 4.79 Å². The quantitative estimate of drug-likeness (QED) is 0.758. The van der Waals surface area contributed by atoms with Gasteiger partial charge in [0, 0.05) is 17.6 Å². The van der Waals surface area contributed by atoms with Gasteiger partial charge >= 0.3 is 5.69 Å². The Kier molecular flexibility index (Phi) is 2.87. The Bertz CT molecular complexity index is 835. The molecule has 3 heterocycles. The van der Waals surface area contributed by atoms with Crippen LogP contribution in [0.3, 0.4) is 0 Å². The van der Waals surface area contributed by atoms with Crippen LogP contribution in [0.1, 0.15) is 45.1 Å². The van der Waals surface area contributed by atoms with Crippen LogP contribution in [0.2, 0.25) is 0 Å². The van der Waals surface area contributed by atoms with Crippen LogP contribution in [0.5, 0.6) is 0 Å². The summed E-state index contributed by atoms with van der Waals surface area (Å²) < 4.78 is 1.95. The highest BCUT2D eigenvalue weighted by molar-refractivity contribution is 6.00. The van der Waals surface area contributed by atoms with Gasteiger partial charge in [0.15, 0.2) is 0 Å². The summed E-state index contributed by atoms with van der Waals surface area (Å²) in [5.74, 6) is 0.595. The lowest BCUT2D eigenvalue weighted by Crippen LogP contribution is -2.27. The molecular formula is C16H20N4O. The Labute approximate surface area is 122 Å². The minimum Gasteiger partial charge on any atom is -0.346 e. The van der Waals surface area contributed by atoms with Crippen molar-refractivity contribution in [2.75, 3.05) is 0 Å². The van der Waals surface area contributed by atoms with Gasteiger partial charge in [0.1, 0.15) is 5.65 Å². The fourth-order valence-corrected chi connectivity index (χ4v) is 3.84. The summed E-state index contributed by atoms with van der Waals surface area (Å²) in [5.41, 5.74) is 2.64. The molecule has 5 heteroatoms. The molecule has 0 aromatic carbocycles. The van der Waals surface area contributed by atoms with E-state index in [1.165, 1.54) is 32.1 Å². The zero-order chi connectivity index (χ0) is 14.4. The molecule has 3 aromatic rings. The third-order valence-corrected chi connectivity index (χ3v) is 5.00. The Morgan fingerprint density at radius 1 is 1.33 bits per heavy atom. The Balaban J connectivity index is 1.92. The lowest BCUT2D eigenvalue weighted by atomic mass is 9.84. The van der Waals surface area contributed by atoms with Gasteiger partial charge in [-0.05, 0) is 31.7 Å². The van der Waals surface area contributed by atoms with E-state index in [-0.39, 0.29) is 11.7 Å². The number of fused-ring (bicyclic) bond motifs is 3. The van der Waals surface area contributed by atoms with Crippen molar-refractivity contribution >= 4 is 22.1 Å². The number of nitrogens with one attached hydrogen (secondary N) is 2. The topological polar surface area (TPSA) is 66.5 Å². The summed E-state index contributed by atoms with van der Waals surface area (Å²) in [6.45, 7) is 2.18. The lowest BCUT2D eigenvalue weighted by molar-refractivity contribution is 0.264. The van der Waals surface area contributed by atoms with Crippen molar-refractivity contribution in [3.05, 3.63) is 28.9 Å². The van der Waals surface area contributed by atoms with Crippen molar-refractivity contribution in [2.45, 2.75) is 45.1 Å². The second-order valence-electron chi connectivity index (χ2n) is 6.20. The minimum absolute atomic E-state index is 0.0152. The van der Waals surface area contributed by atoms with Gasteiger partial charge in [-0.3, -0.25) is 4.57 Å². The molecule has 0 saturated heterocycles. The molecule has 0 bridgehead atoms. The first-order valence-electron chi connectivity index (χ1n) is 7.82. The summed E-state index contributed by atoms with van der Waals surface area (Å²) in [4.78, 5) is 22.9. The van der Waals surface area contributed by atoms with Gasteiger partial charge < -0.3 is 9.97 Å². The van der Waals surface area contributed by atoms with Crippen LogP contribution in [-0.2, 0) is 0 Å². The van der Waals surface area contributed by atoms with Crippen molar-refractivity contribution in [3.8, 4) is 0 Å². The number of nitrogens with zero attached hydrogens (tertiary/aromatic N) is 2. The number of imidazole rings is 1. The molecule has 3 aromatic heterocycles. The maximum absolute atomic E-state index is 12.5. The highest BCUT2D eigenvalue weighted by atomic mass is 16.1. The summed E-state index contributed by atoms with van der Waals surface area (Å²) in [7, 11) is 0. The standard InChI is InChI=1S/C16H20N4O/c1-10(11-5-3-2-4-6-11)20-14-12-7-8-17-15(12)18-9-13(14)19-16(20)21/h7-11H,2-6H2,1H3,(H,17,18)(H,19,21)/t10-/m0/s1. The molecule has 1 atom stereocenters. The molecule has 0 unspecified atom stereocenters. The second-order valence-corrected chi connectivity index (χ2v) is 6.20. The lowest BCUT2D eigenvalue weighted by Gasteiger charge is -2.28. The molecule has 1 aliphatic carbocycles. The van der Waals surface area contributed by atoms with E-state index in [2.05, 4.69) is 21.9 Å². The van der Waals surface area contributed by atoms with Crippen LogP contribution in [-0.4, -0.2) is 19.5 Å². The van der Waals surface area contributed by atoms with Crippen LogP contribution in [0.25, 0.3) is 22.1 Å². The van der Waals surface area contributed by atoms with Crippen molar-refractivity contribution in [2.24, 2.45) is 5.92 Å². The number of aromatic nitrogens is 4. The van der Waals surface area contributed by atoms with Gasteiger partial charge in [-0.25, -0.2) is 9.78 Å². The van der Waals surface area contributed by atoms with Gasteiger partial charge in [-0.1, -0.05) is 19.3 Å². The van der Waals surface area contributed by atoms with Crippen LogP contribution >= 0.6 is 0 Å². The van der Waals surface area contributed by atoms with E-state index in [4.69, 9.17) is 0 Å². The molecule has 0 radical (unpaired) electrons.